The van der Waals surface area contributed by atoms with Gasteiger partial charge in [0.1, 0.15) is 6.04 Å². The standard InChI is InChI=1S/C13H17ClN2O3/c1-8(12(17)18)15-13(19)16(3)9(2)10-4-6-11(14)7-5-10/h4-9H,1-3H3,(H,15,19)(H,17,18)/t8-,9?/m0/s1. The zero-order chi connectivity index (χ0) is 14.6. The number of amides is 2. The number of carbonyl (C=O) groups is 2. The molecular weight excluding hydrogens is 268 g/mol. The molecule has 0 heterocycles. The molecule has 0 aromatic heterocycles. The lowest BCUT2D eigenvalue weighted by Gasteiger charge is -2.26. The number of hydrogen-bond acceptors (Lipinski definition) is 2. The smallest absolute Gasteiger partial charge is 0.325 e. The molecule has 0 radical (unpaired) electrons. The van der Waals surface area contributed by atoms with Crippen LogP contribution in [0, 0.1) is 0 Å². The SMILES string of the molecule is CC(c1ccc(Cl)cc1)N(C)C(=O)N[C@@H](C)C(=O)O. The summed E-state index contributed by atoms with van der Waals surface area (Å²) in [6, 6.07) is 5.62. The van der Waals surface area contributed by atoms with Crippen LogP contribution in [0.25, 0.3) is 0 Å². The third-order valence-electron chi connectivity index (χ3n) is 2.96. The molecule has 6 heteroatoms. The number of aliphatic carboxylic acids is 1. The van der Waals surface area contributed by atoms with E-state index in [1.807, 2.05) is 19.1 Å². The Morgan fingerprint density at radius 3 is 2.26 bits per heavy atom. The Hall–Kier alpha value is -1.75. The van der Waals surface area contributed by atoms with E-state index in [0.717, 1.165) is 5.56 Å². The minimum Gasteiger partial charge on any atom is -0.480 e. The molecule has 0 aliphatic rings. The Bertz CT molecular complexity index is 461. The van der Waals surface area contributed by atoms with E-state index in [-0.39, 0.29) is 6.04 Å². The van der Waals surface area contributed by atoms with Crippen LogP contribution in [-0.4, -0.2) is 35.1 Å². The maximum Gasteiger partial charge on any atom is 0.325 e. The number of carbonyl (C=O) groups excluding carboxylic acids is 1. The van der Waals surface area contributed by atoms with E-state index in [1.54, 1.807) is 19.2 Å². The van der Waals surface area contributed by atoms with Crippen molar-refractivity contribution in [3.8, 4) is 0 Å². The van der Waals surface area contributed by atoms with Gasteiger partial charge in [0.05, 0.1) is 6.04 Å². The zero-order valence-electron chi connectivity index (χ0n) is 11.1. The minimum absolute atomic E-state index is 0.182. The second-order valence-corrected chi connectivity index (χ2v) is 4.78. The van der Waals surface area contributed by atoms with Gasteiger partial charge in [-0.25, -0.2) is 4.79 Å². The molecule has 0 aliphatic heterocycles. The number of halogens is 1. The fraction of sp³-hybridized carbons (Fsp3) is 0.385. The summed E-state index contributed by atoms with van der Waals surface area (Å²) in [4.78, 5) is 24.0. The number of carboxylic acid groups (broad SMARTS) is 1. The van der Waals surface area contributed by atoms with Crippen molar-refractivity contribution in [2.45, 2.75) is 25.9 Å². The van der Waals surface area contributed by atoms with Crippen molar-refractivity contribution in [2.75, 3.05) is 7.05 Å². The number of nitrogens with one attached hydrogen (secondary N) is 1. The van der Waals surface area contributed by atoms with Crippen LogP contribution in [0.15, 0.2) is 24.3 Å². The molecule has 104 valence electrons. The highest BCUT2D eigenvalue weighted by atomic mass is 35.5. The Kier molecular flexibility index (Phi) is 5.18. The quantitative estimate of drug-likeness (QED) is 0.892. The lowest BCUT2D eigenvalue weighted by atomic mass is 10.1. The molecule has 1 aromatic carbocycles. The van der Waals surface area contributed by atoms with Gasteiger partial charge in [-0.05, 0) is 31.5 Å². The number of carboxylic acids is 1. The average Bonchev–Trinajstić information content (AvgIpc) is 2.37. The van der Waals surface area contributed by atoms with E-state index in [1.165, 1.54) is 11.8 Å². The van der Waals surface area contributed by atoms with E-state index in [4.69, 9.17) is 16.7 Å². The summed E-state index contributed by atoms with van der Waals surface area (Å²) >= 11 is 5.80. The van der Waals surface area contributed by atoms with Crippen molar-refractivity contribution < 1.29 is 14.7 Å². The van der Waals surface area contributed by atoms with Crippen LogP contribution >= 0.6 is 11.6 Å². The highest BCUT2D eigenvalue weighted by molar-refractivity contribution is 6.30. The molecular formula is C13H17ClN2O3. The molecule has 19 heavy (non-hydrogen) atoms. The van der Waals surface area contributed by atoms with Gasteiger partial charge in [0, 0.05) is 12.1 Å². The van der Waals surface area contributed by atoms with Gasteiger partial charge in [-0.1, -0.05) is 23.7 Å². The molecule has 1 rings (SSSR count). The zero-order valence-corrected chi connectivity index (χ0v) is 11.8. The molecule has 0 fully saturated rings. The summed E-state index contributed by atoms with van der Waals surface area (Å²) in [5, 5.41) is 11.8. The maximum absolute atomic E-state index is 11.9. The maximum atomic E-state index is 11.9. The molecule has 1 unspecified atom stereocenters. The topological polar surface area (TPSA) is 69.6 Å². The van der Waals surface area contributed by atoms with E-state index < -0.39 is 18.0 Å². The monoisotopic (exact) mass is 284 g/mol. The van der Waals surface area contributed by atoms with Gasteiger partial charge >= 0.3 is 12.0 Å². The summed E-state index contributed by atoms with van der Waals surface area (Å²) < 4.78 is 0. The predicted octanol–water partition coefficient (Wildman–Crippen LogP) is 2.52. The summed E-state index contributed by atoms with van der Waals surface area (Å²) in [6.07, 6.45) is 0. The summed E-state index contributed by atoms with van der Waals surface area (Å²) in [6.45, 7) is 3.27. The summed E-state index contributed by atoms with van der Waals surface area (Å²) in [5.41, 5.74) is 0.921. The van der Waals surface area contributed by atoms with Crippen LogP contribution in [0.4, 0.5) is 4.79 Å². The Morgan fingerprint density at radius 2 is 1.79 bits per heavy atom. The van der Waals surface area contributed by atoms with Crippen LogP contribution in [-0.2, 0) is 4.79 Å². The molecule has 0 saturated heterocycles. The number of urea groups is 1. The van der Waals surface area contributed by atoms with Crippen molar-refractivity contribution in [3.63, 3.8) is 0 Å². The van der Waals surface area contributed by atoms with Gasteiger partial charge in [-0.3, -0.25) is 4.79 Å². The van der Waals surface area contributed by atoms with Crippen LogP contribution in [0.1, 0.15) is 25.5 Å². The number of nitrogens with zero attached hydrogens (tertiary/aromatic N) is 1. The molecule has 5 nitrogen and oxygen atoms in total. The van der Waals surface area contributed by atoms with Crippen molar-refractivity contribution in [1.82, 2.24) is 10.2 Å². The van der Waals surface area contributed by atoms with Gasteiger partial charge in [0.25, 0.3) is 0 Å². The third-order valence-corrected chi connectivity index (χ3v) is 3.22. The highest BCUT2D eigenvalue weighted by Gasteiger charge is 2.21. The van der Waals surface area contributed by atoms with Crippen molar-refractivity contribution in [2.24, 2.45) is 0 Å². The fourth-order valence-corrected chi connectivity index (χ4v) is 1.62. The number of benzene rings is 1. The van der Waals surface area contributed by atoms with Gasteiger partial charge in [-0.2, -0.15) is 0 Å². The Morgan fingerprint density at radius 1 is 1.26 bits per heavy atom. The van der Waals surface area contributed by atoms with Crippen LogP contribution in [0.5, 0.6) is 0 Å². The van der Waals surface area contributed by atoms with Crippen molar-refractivity contribution in [3.05, 3.63) is 34.9 Å². The summed E-state index contributed by atoms with van der Waals surface area (Å²) in [5.74, 6) is -1.07. The average molecular weight is 285 g/mol. The van der Waals surface area contributed by atoms with Gasteiger partial charge in [-0.15, -0.1) is 0 Å². The number of rotatable bonds is 4. The normalized spacial score (nSPS) is 13.5. The Labute approximate surface area is 117 Å². The van der Waals surface area contributed by atoms with Crippen molar-refractivity contribution in [1.29, 1.82) is 0 Å². The Balaban J connectivity index is 2.71. The van der Waals surface area contributed by atoms with E-state index in [0.29, 0.717) is 5.02 Å². The van der Waals surface area contributed by atoms with Crippen LogP contribution in [0.2, 0.25) is 5.02 Å². The molecule has 0 bridgehead atoms. The highest BCUT2D eigenvalue weighted by Crippen LogP contribution is 2.20. The molecule has 0 saturated carbocycles. The second-order valence-electron chi connectivity index (χ2n) is 4.35. The van der Waals surface area contributed by atoms with Crippen LogP contribution in [0.3, 0.4) is 0 Å². The largest absolute Gasteiger partial charge is 0.480 e. The lowest BCUT2D eigenvalue weighted by molar-refractivity contribution is -0.138. The molecule has 0 aliphatic carbocycles. The first-order chi connectivity index (χ1) is 8.82. The number of hydrogen-bond donors (Lipinski definition) is 2. The first-order valence-electron chi connectivity index (χ1n) is 5.84. The van der Waals surface area contributed by atoms with Crippen LogP contribution < -0.4 is 5.32 Å². The van der Waals surface area contributed by atoms with E-state index in [2.05, 4.69) is 5.32 Å². The second kappa shape index (κ2) is 6.43. The van der Waals surface area contributed by atoms with E-state index in [9.17, 15) is 9.59 Å². The first kappa shape index (κ1) is 15.3. The van der Waals surface area contributed by atoms with Gasteiger partial charge in [0.2, 0.25) is 0 Å². The molecule has 2 amide bonds. The predicted molar refractivity (Wildman–Crippen MR) is 73.3 cm³/mol. The third kappa shape index (κ3) is 4.13. The molecule has 2 atom stereocenters. The molecule has 0 spiro atoms. The molecule has 1 aromatic rings. The lowest BCUT2D eigenvalue weighted by Crippen LogP contribution is -2.45. The van der Waals surface area contributed by atoms with E-state index >= 15 is 0 Å². The fourth-order valence-electron chi connectivity index (χ4n) is 1.49. The minimum atomic E-state index is -1.07. The van der Waals surface area contributed by atoms with Gasteiger partial charge in [0.15, 0.2) is 0 Å². The molecule has 2 N–H and O–H groups in total. The van der Waals surface area contributed by atoms with Gasteiger partial charge < -0.3 is 15.3 Å². The van der Waals surface area contributed by atoms with Crippen molar-refractivity contribution >= 4 is 23.6 Å². The summed E-state index contributed by atoms with van der Waals surface area (Å²) in [7, 11) is 1.61. The first-order valence-corrected chi connectivity index (χ1v) is 6.22.